The van der Waals surface area contributed by atoms with Crippen molar-refractivity contribution in [1.29, 1.82) is 0 Å². The molecule has 0 aromatic heterocycles. The van der Waals surface area contributed by atoms with Gasteiger partial charge in [-0.1, -0.05) is 37.1 Å². The summed E-state index contributed by atoms with van der Waals surface area (Å²) < 4.78 is 0. The highest BCUT2D eigenvalue weighted by molar-refractivity contribution is 5.97. The summed E-state index contributed by atoms with van der Waals surface area (Å²) in [5.74, 6) is 0.854. The molecule has 0 saturated heterocycles. The van der Waals surface area contributed by atoms with Crippen LogP contribution in [0.4, 0.5) is 0 Å². The zero-order valence-electron chi connectivity index (χ0n) is 11.8. The monoisotopic (exact) mass is 247 g/mol. The lowest BCUT2D eigenvalue weighted by atomic mass is 9.92. The molecule has 2 heteroatoms. The summed E-state index contributed by atoms with van der Waals surface area (Å²) in [5.41, 5.74) is 8.75. The molecule has 0 heterocycles. The Kier molecular flexibility index (Phi) is 6.06. The lowest BCUT2D eigenvalue weighted by Crippen LogP contribution is -2.10. The van der Waals surface area contributed by atoms with Gasteiger partial charge in [0.2, 0.25) is 0 Å². The average Bonchev–Trinajstić information content (AvgIpc) is 2.34. The van der Waals surface area contributed by atoms with E-state index < -0.39 is 0 Å². The van der Waals surface area contributed by atoms with Gasteiger partial charge < -0.3 is 5.73 Å². The first-order valence-electron chi connectivity index (χ1n) is 6.89. The van der Waals surface area contributed by atoms with Gasteiger partial charge in [-0.05, 0) is 44.7 Å². The molecule has 0 aliphatic rings. The van der Waals surface area contributed by atoms with Crippen LogP contribution in [0, 0.1) is 19.8 Å². The fraction of sp³-hybridized carbons (Fsp3) is 0.562. The highest BCUT2D eigenvalue weighted by Crippen LogP contribution is 2.19. The number of aryl methyl sites for hydroxylation is 2. The Morgan fingerprint density at radius 2 is 2.00 bits per heavy atom. The Balaban J connectivity index is 2.59. The number of nitrogens with two attached hydrogens (primary N) is 1. The molecular weight excluding hydrogens is 222 g/mol. The van der Waals surface area contributed by atoms with E-state index in [2.05, 4.69) is 19.9 Å². The number of Topliss-reactive ketones (excluding diaryl/α,β-unsaturated/α-hetero) is 1. The summed E-state index contributed by atoms with van der Waals surface area (Å²) in [5, 5.41) is 0. The predicted octanol–water partition coefficient (Wildman–Crippen LogP) is 3.64. The number of benzene rings is 1. The number of rotatable bonds is 7. The van der Waals surface area contributed by atoms with Crippen molar-refractivity contribution in [3.8, 4) is 0 Å². The highest BCUT2D eigenvalue weighted by Gasteiger charge is 2.12. The van der Waals surface area contributed by atoms with Gasteiger partial charge in [0.15, 0.2) is 5.78 Å². The molecule has 2 N–H and O–H groups in total. The van der Waals surface area contributed by atoms with Crippen molar-refractivity contribution in [2.24, 2.45) is 11.7 Å². The molecule has 0 saturated carbocycles. The minimum absolute atomic E-state index is 0.267. The molecule has 0 fully saturated rings. The summed E-state index contributed by atoms with van der Waals surface area (Å²) in [6, 6.07) is 6.04. The molecule has 2 nitrogen and oxygen atoms in total. The van der Waals surface area contributed by atoms with Crippen molar-refractivity contribution in [2.45, 2.75) is 46.5 Å². The summed E-state index contributed by atoms with van der Waals surface area (Å²) in [4.78, 5) is 12.2. The Bertz CT molecular complexity index is 398. The minimum atomic E-state index is 0.267. The zero-order chi connectivity index (χ0) is 13.5. The van der Waals surface area contributed by atoms with Gasteiger partial charge in [0, 0.05) is 12.0 Å². The normalized spacial score (nSPS) is 12.4. The molecule has 100 valence electrons. The van der Waals surface area contributed by atoms with Crippen molar-refractivity contribution >= 4 is 5.78 Å². The standard InChI is InChI=1S/C16H25NO/c1-4-14(9-10-17)6-8-16(18)15-7-5-12(2)11-13(15)3/h5,7,11,14H,4,6,8-10,17H2,1-3H3. The molecular formula is C16H25NO. The Labute approximate surface area is 111 Å². The molecule has 1 aromatic rings. The zero-order valence-corrected chi connectivity index (χ0v) is 11.8. The highest BCUT2D eigenvalue weighted by atomic mass is 16.1. The summed E-state index contributed by atoms with van der Waals surface area (Å²) in [7, 11) is 0. The van der Waals surface area contributed by atoms with Crippen LogP contribution in [-0.2, 0) is 0 Å². The van der Waals surface area contributed by atoms with E-state index in [1.807, 2.05) is 19.1 Å². The van der Waals surface area contributed by atoms with Crippen LogP contribution < -0.4 is 5.73 Å². The molecule has 1 atom stereocenters. The van der Waals surface area contributed by atoms with E-state index in [4.69, 9.17) is 5.73 Å². The van der Waals surface area contributed by atoms with Gasteiger partial charge in [-0.3, -0.25) is 4.79 Å². The van der Waals surface area contributed by atoms with Gasteiger partial charge in [-0.15, -0.1) is 0 Å². The SMILES string of the molecule is CCC(CCN)CCC(=O)c1ccc(C)cc1C. The molecule has 1 unspecified atom stereocenters. The molecule has 0 bridgehead atoms. The minimum Gasteiger partial charge on any atom is -0.330 e. The second kappa shape index (κ2) is 7.32. The van der Waals surface area contributed by atoms with Crippen molar-refractivity contribution < 1.29 is 4.79 Å². The first kappa shape index (κ1) is 14.9. The number of carbonyl (C=O) groups is 1. The van der Waals surface area contributed by atoms with Gasteiger partial charge in [0.05, 0.1) is 0 Å². The van der Waals surface area contributed by atoms with E-state index in [1.165, 1.54) is 5.56 Å². The summed E-state index contributed by atoms with van der Waals surface area (Å²) >= 11 is 0. The lowest BCUT2D eigenvalue weighted by Gasteiger charge is -2.13. The van der Waals surface area contributed by atoms with Crippen LogP contribution in [0.25, 0.3) is 0 Å². The maximum Gasteiger partial charge on any atom is 0.163 e. The van der Waals surface area contributed by atoms with Crippen molar-refractivity contribution in [3.63, 3.8) is 0 Å². The van der Waals surface area contributed by atoms with E-state index >= 15 is 0 Å². The summed E-state index contributed by atoms with van der Waals surface area (Å²) in [6.45, 7) is 6.95. The Hall–Kier alpha value is -1.15. The van der Waals surface area contributed by atoms with Gasteiger partial charge in [0.25, 0.3) is 0 Å². The lowest BCUT2D eigenvalue weighted by molar-refractivity contribution is 0.0972. The molecule has 0 aliphatic heterocycles. The maximum absolute atomic E-state index is 12.2. The molecule has 0 aliphatic carbocycles. The second-order valence-corrected chi connectivity index (χ2v) is 5.13. The van der Waals surface area contributed by atoms with Crippen molar-refractivity contribution in [1.82, 2.24) is 0 Å². The largest absolute Gasteiger partial charge is 0.330 e. The second-order valence-electron chi connectivity index (χ2n) is 5.13. The number of ketones is 1. The molecule has 0 radical (unpaired) electrons. The van der Waals surface area contributed by atoms with E-state index in [0.717, 1.165) is 36.9 Å². The third kappa shape index (κ3) is 4.26. The topological polar surface area (TPSA) is 43.1 Å². The fourth-order valence-corrected chi connectivity index (χ4v) is 2.38. The Morgan fingerprint density at radius 1 is 1.28 bits per heavy atom. The number of carbonyl (C=O) groups excluding carboxylic acids is 1. The van der Waals surface area contributed by atoms with Crippen LogP contribution in [0.2, 0.25) is 0 Å². The molecule has 0 spiro atoms. The smallest absolute Gasteiger partial charge is 0.163 e. The maximum atomic E-state index is 12.2. The summed E-state index contributed by atoms with van der Waals surface area (Å²) in [6.07, 6.45) is 3.73. The third-order valence-electron chi connectivity index (χ3n) is 3.61. The van der Waals surface area contributed by atoms with Crippen LogP contribution in [0.1, 0.15) is 54.1 Å². The first-order valence-corrected chi connectivity index (χ1v) is 6.89. The van der Waals surface area contributed by atoms with E-state index in [-0.39, 0.29) is 5.78 Å². The van der Waals surface area contributed by atoms with Gasteiger partial charge in [0.1, 0.15) is 0 Å². The van der Waals surface area contributed by atoms with E-state index in [0.29, 0.717) is 12.3 Å². The van der Waals surface area contributed by atoms with Crippen molar-refractivity contribution in [3.05, 3.63) is 34.9 Å². The van der Waals surface area contributed by atoms with Crippen LogP contribution in [0.5, 0.6) is 0 Å². The van der Waals surface area contributed by atoms with Gasteiger partial charge in [-0.2, -0.15) is 0 Å². The van der Waals surface area contributed by atoms with E-state index in [9.17, 15) is 4.79 Å². The van der Waals surface area contributed by atoms with Crippen LogP contribution in [-0.4, -0.2) is 12.3 Å². The third-order valence-corrected chi connectivity index (χ3v) is 3.61. The average molecular weight is 247 g/mol. The van der Waals surface area contributed by atoms with Gasteiger partial charge in [-0.25, -0.2) is 0 Å². The number of hydrogen-bond acceptors (Lipinski definition) is 2. The molecule has 1 aromatic carbocycles. The first-order chi connectivity index (χ1) is 8.58. The number of hydrogen-bond donors (Lipinski definition) is 1. The molecule has 0 amide bonds. The predicted molar refractivity (Wildman–Crippen MR) is 76.9 cm³/mol. The molecule has 1 rings (SSSR count). The molecule has 18 heavy (non-hydrogen) atoms. The van der Waals surface area contributed by atoms with Crippen LogP contribution >= 0.6 is 0 Å². The fourth-order valence-electron chi connectivity index (χ4n) is 2.38. The van der Waals surface area contributed by atoms with Gasteiger partial charge >= 0.3 is 0 Å². The Morgan fingerprint density at radius 3 is 2.56 bits per heavy atom. The van der Waals surface area contributed by atoms with Crippen LogP contribution in [0.3, 0.4) is 0 Å². The van der Waals surface area contributed by atoms with E-state index in [1.54, 1.807) is 0 Å². The van der Waals surface area contributed by atoms with Crippen LogP contribution in [0.15, 0.2) is 18.2 Å². The van der Waals surface area contributed by atoms with Crippen molar-refractivity contribution in [2.75, 3.05) is 6.54 Å². The quantitative estimate of drug-likeness (QED) is 0.747.